The number of hydrogen-bond acceptors (Lipinski definition) is 3. The molecule has 0 saturated heterocycles. The first-order valence-corrected chi connectivity index (χ1v) is 11.2. The molecule has 0 heterocycles. The van der Waals surface area contributed by atoms with E-state index < -0.39 is 27.8 Å². The molecule has 0 radical (unpaired) electrons. The number of benzene rings is 2. The van der Waals surface area contributed by atoms with Crippen LogP contribution in [0.1, 0.15) is 30.5 Å². The van der Waals surface area contributed by atoms with Crippen LogP contribution in [0.15, 0.2) is 53.4 Å². The normalized spacial score (nSPS) is 12.1. The molecule has 170 valence electrons. The quantitative estimate of drug-likeness (QED) is 0.650. The van der Waals surface area contributed by atoms with Crippen LogP contribution < -0.4 is 5.32 Å². The monoisotopic (exact) mass is 457 g/mol. The Hall–Kier alpha value is -2.59. The summed E-state index contributed by atoms with van der Waals surface area (Å²) in [4.78, 5) is 13.8. The second kappa shape index (κ2) is 10.1. The minimum atomic E-state index is -4.40. The molecule has 2 aromatic carbocycles. The van der Waals surface area contributed by atoms with E-state index in [4.69, 9.17) is 0 Å². The molecule has 2 aromatic rings. The third-order valence-corrected chi connectivity index (χ3v) is 6.82. The Morgan fingerprint density at radius 3 is 1.94 bits per heavy atom. The minimum absolute atomic E-state index is 0.144. The van der Waals surface area contributed by atoms with Gasteiger partial charge in [-0.1, -0.05) is 38.1 Å². The van der Waals surface area contributed by atoms with E-state index in [1.54, 1.807) is 26.0 Å². The van der Waals surface area contributed by atoms with Crippen LogP contribution >= 0.6 is 0 Å². The average molecular weight is 458 g/mol. The van der Waals surface area contributed by atoms with Crippen molar-refractivity contribution in [1.82, 2.24) is 14.5 Å². The minimum Gasteiger partial charge on any atom is -0.334 e. The fraction of sp³-hybridized carbons (Fsp3) is 0.381. The van der Waals surface area contributed by atoms with Gasteiger partial charge in [0.1, 0.15) is 0 Å². The van der Waals surface area contributed by atoms with E-state index in [1.807, 2.05) is 0 Å². The van der Waals surface area contributed by atoms with Crippen molar-refractivity contribution in [3.05, 3.63) is 65.2 Å². The van der Waals surface area contributed by atoms with Crippen molar-refractivity contribution in [3.8, 4) is 0 Å². The number of halogens is 3. The molecular weight excluding hydrogens is 431 g/mol. The van der Waals surface area contributed by atoms with Gasteiger partial charge in [0.2, 0.25) is 10.0 Å². The third kappa shape index (κ3) is 6.44. The van der Waals surface area contributed by atoms with Gasteiger partial charge in [-0.05, 0) is 35.4 Å². The van der Waals surface area contributed by atoms with Crippen molar-refractivity contribution < 1.29 is 26.4 Å². The van der Waals surface area contributed by atoms with E-state index in [0.717, 1.165) is 17.7 Å². The summed E-state index contributed by atoms with van der Waals surface area (Å²) in [5.41, 5.74) is 0.543. The lowest BCUT2D eigenvalue weighted by Crippen LogP contribution is -2.36. The predicted molar refractivity (Wildman–Crippen MR) is 112 cm³/mol. The zero-order valence-electron chi connectivity index (χ0n) is 17.6. The van der Waals surface area contributed by atoms with Gasteiger partial charge in [-0.2, -0.15) is 17.5 Å². The summed E-state index contributed by atoms with van der Waals surface area (Å²) >= 11 is 0. The van der Waals surface area contributed by atoms with E-state index in [2.05, 4.69) is 5.32 Å². The summed E-state index contributed by atoms with van der Waals surface area (Å²) in [6.07, 6.45) is -4.40. The van der Waals surface area contributed by atoms with E-state index in [-0.39, 0.29) is 18.0 Å². The maximum absolute atomic E-state index is 12.6. The average Bonchev–Trinajstić information content (AvgIpc) is 2.72. The number of nitrogens with zero attached hydrogens (tertiary/aromatic N) is 2. The fourth-order valence-corrected chi connectivity index (χ4v) is 4.41. The summed E-state index contributed by atoms with van der Waals surface area (Å²) in [5, 5.41) is 2.71. The molecule has 2 amide bonds. The number of alkyl halides is 3. The topological polar surface area (TPSA) is 69.7 Å². The second-order valence-electron chi connectivity index (χ2n) is 6.94. The molecule has 0 spiro atoms. The summed E-state index contributed by atoms with van der Waals surface area (Å²) in [6.45, 7) is 4.62. The lowest BCUT2D eigenvalue weighted by Gasteiger charge is -2.19. The van der Waals surface area contributed by atoms with Crippen LogP contribution in [-0.4, -0.2) is 43.8 Å². The highest BCUT2D eigenvalue weighted by atomic mass is 32.2. The van der Waals surface area contributed by atoms with Crippen molar-refractivity contribution in [2.24, 2.45) is 0 Å². The lowest BCUT2D eigenvalue weighted by molar-refractivity contribution is -0.137. The molecule has 0 aliphatic carbocycles. The summed E-state index contributed by atoms with van der Waals surface area (Å²) in [5.74, 6) is 0. The summed E-state index contributed by atoms with van der Waals surface area (Å²) in [7, 11) is -2.01. The zero-order valence-corrected chi connectivity index (χ0v) is 18.4. The maximum atomic E-state index is 12.6. The van der Waals surface area contributed by atoms with Gasteiger partial charge in [0.25, 0.3) is 0 Å². The molecular formula is C21H26F3N3O3S. The van der Waals surface area contributed by atoms with Crippen LogP contribution in [-0.2, 0) is 29.3 Å². The van der Waals surface area contributed by atoms with Crippen LogP contribution in [0.2, 0.25) is 0 Å². The Bertz CT molecular complexity index is 972. The molecule has 0 atom stereocenters. The van der Waals surface area contributed by atoms with E-state index in [0.29, 0.717) is 18.7 Å². The van der Waals surface area contributed by atoms with E-state index >= 15 is 0 Å². The SMILES string of the molecule is CCN(CC)S(=O)(=O)c1ccc(CNC(=O)N(C)Cc2ccc(C(F)(F)F)cc2)cc1. The number of carbonyl (C=O) groups is 1. The Labute approximate surface area is 180 Å². The molecule has 0 fully saturated rings. The molecule has 0 saturated carbocycles. The smallest absolute Gasteiger partial charge is 0.334 e. The first kappa shape index (κ1) is 24.7. The van der Waals surface area contributed by atoms with Crippen molar-refractivity contribution in [1.29, 1.82) is 0 Å². The molecule has 10 heteroatoms. The number of amides is 2. The van der Waals surface area contributed by atoms with Crippen molar-refractivity contribution in [2.75, 3.05) is 20.1 Å². The number of sulfonamides is 1. The molecule has 31 heavy (non-hydrogen) atoms. The third-order valence-electron chi connectivity index (χ3n) is 4.76. The standard InChI is InChI=1S/C21H26F3N3O3S/c1-4-27(5-2)31(29,30)19-12-8-16(9-13-19)14-25-20(28)26(3)15-17-6-10-18(11-7-17)21(22,23)24/h6-13H,4-5,14-15H2,1-3H3,(H,25,28). The maximum Gasteiger partial charge on any atom is 0.416 e. The molecule has 0 aliphatic rings. The first-order valence-electron chi connectivity index (χ1n) is 9.73. The zero-order chi connectivity index (χ0) is 23.2. The summed E-state index contributed by atoms with van der Waals surface area (Å²) in [6, 6.07) is 10.5. The van der Waals surface area contributed by atoms with E-state index in [9.17, 15) is 26.4 Å². The van der Waals surface area contributed by atoms with Gasteiger partial charge in [-0.25, -0.2) is 13.2 Å². The van der Waals surface area contributed by atoms with Crippen LogP contribution in [0, 0.1) is 0 Å². The van der Waals surface area contributed by atoms with Gasteiger partial charge in [-0.15, -0.1) is 0 Å². The van der Waals surface area contributed by atoms with Crippen molar-refractivity contribution in [2.45, 2.75) is 38.0 Å². The van der Waals surface area contributed by atoms with E-state index in [1.165, 1.54) is 40.5 Å². The first-order chi connectivity index (χ1) is 14.5. The number of urea groups is 1. The molecule has 0 bridgehead atoms. The number of nitrogens with one attached hydrogen (secondary N) is 1. The Morgan fingerprint density at radius 1 is 0.935 bits per heavy atom. The van der Waals surface area contributed by atoms with Gasteiger partial charge in [0.15, 0.2) is 0 Å². The van der Waals surface area contributed by atoms with Crippen LogP contribution in [0.4, 0.5) is 18.0 Å². The summed E-state index contributed by atoms with van der Waals surface area (Å²) < 4.78 is 64.2. The number of rotatable bonds is 8. The largest absolute Gasteiger partial charge is 0.416 e. The Kier molecular flexibility index (Phi) is 8.08. The predicted octanol–water partition coefficient (Wildman–Crippen LogP) is 4.08. The van der Waals surface area contributed by atoms with Gasteiger partial charge < -0.3 is 10.2 Å². The van der Waals surface area contributed by atoms with Gasteiger partial charge in [0, 0.05) is 33.2 Å². The van der Waals surface area contributed by atoms with Crippen molar-refractivity contribution >= 4 is 16.1 Å². The number of hydrogen-bond donors (Lipinski definition) is 1. The van der Waals surface area contributed by atoms with Crippen molar-refractivity contribution in [3.63, 3.8) is 0 Å². The molecule has 6 nitrogen and oxygen atoms in total. The fourth-order valence-electron chi connectivity index (χ4n) is 2.95. The highest BCUT2D eigenvalue weighted by Crippen LogP contribution is 2.29. The van der Waals surface area contributed by atoms with Crippen LogP contribution in [0.5, 0.6) is 0 Å². The van der Waals surface area contributed by atoms with Crippen LogP contribution in [0.25, 0.3) is 0 Å². The highest BCUT2D eigenvalue weighted by molar-refractivity contribution is 7.89. The Balaban J connectivity index is 1.93. The van der Waals surface area contributed by atoms with Gasteiger partial charge in [0.05, 0.1) is 10.5 Å². The number of carbonyl (C=O) groups excluding carboxylic acids is 1. The molecule has 0 aromatic heterocycles. The lowest BCUT2D eigenvalue weighted by atomic mass is 10.1. The molecule has 2 rings (SSSR count). The molecule has 0 aliphatic heterocycles. The molecule has 0 unspecified atom stereocenters. The second-order valence-corrected chi connectivity index (χ2v) is 8.88. The van der Waals surface area contributed by atoms with Gasteiger partial charge in [-0.3, -0.25) is 0 Å². The van der Waals surface area contributed by atoms with Gasteiger partial charge >= 0.3 is 12.2 Å². The highest BCUT2D eigenvalue weighted by Gasteiger charge is 2.30. The Morgan fingerprint density at radius 2 is 1.45 bits per heavy atom. The van der Waals surface area contributed by atoms with Crippen LogP contribution in [0.3, 0.4) is 0 Å². The molecule has 1 N–H and O–H groups in total.